The maximum Gasteiger partial charge on any atom is 0.150 e. The van der Waals surface area contributed by atoms with E-state index in [2.05, 4.69) is 30.9 Å². The van der Waals surface area contributed by atoms with Crippen LogP contribution in [0.1, 0.15) is 38.3 Å². The minimum atomic E-state index is 0.326. The van der Waals surface area contributed by atoms with Gasteiger partial charge in [-0.3, -0.25) is 4.68 Å². The lowest BCUT2D eigenvalue weighted by Crippen LogP contribution is -2.30. The molecule has 1 unspecified atom stereocenters. The van der Waals surface area contributed by atoms with E-state index in [-0.39, 0.29) is 0 Å². The number of nitrogen functional groups attached to an aromatic ring is 1. The second kappa shape index (κ2) is 5.18. The second-order valence-corrected chi connectivity index (χ2v) is 5.42. The number of nitrogens with zero attached hydrogens (tertiary/aromatic N) is 3. The molecule has 2 rings (SSSR count). The van der Waals surface area contributed by atoms with E-state index in [1.807, 2.05) is 11.7 Å². The van der Waals surface area contributed by atoms with Gasteiger partial charge in [-0.1, -0.05) is 13.8 Å². The number of aryl methyl sites for hydroxylation is 1. The Kier molecular flexibility index (Phi) is 3.80. The van der Waals surface area contributed by atoms with Gasteiger partial charge in [0.05, 0.1) is 17.5 Å². The van der Waals surface area contributed by atoms with Gasteiger partial charge >= 0.3 is 0 Å². The van der Waals surface area contributed by atoms with Crippen molar-refractivity contribution < 1.29 is 4.74 Å². The molecule has 0 aliphatic carbocycles. The van der Waals surface area contributed by atoms with Gasteiger partial charge in [0, 0.05) is 27.2 Å². The fourth-order valence-electron chi connectivity index (χ4n) is 2.61. The summed E-state index contributed by atoms with van der Waals surface area (Å²) in [6.45, 7) is 5.99. The fraction of sp³-hybridized carbons (Fsp3) is 0.769. The molecular weight excluding hydrogens is 228 g/mol. The molecule has 5 nitrogen and oxygen atoms in total. The molecule has 1 atom stereocenters. The van der Waals surface area contributed by atoms with Crippen LogP contribution in [0.3, 0.4) is 0 Å². The summed E-state index contributed by atoms with van der Waals surface area (Å²) in [7, 11) is 4.00. The summed E-state index contributed by atoms with van der Waals surface area (Å²) < 4.78 is 7.54. The van der Waals surface area contributed by atoms with E-state index in [1.165, 1.54) is 0 Å². The van der Waals surface area contributed by atoms with Gasteiger partial charge in [-0.05, 0) is 18.8 Å². The zero-order chi connectivity index (χ0) is 13.3. The highest BCUT2D eigenvalue weighted by atomic mass is 16.5. The molecule has 1 aromatic rings. The number of rotatable bonds is 4. The van der Waals surface area contributed by atoms with Crippen molar-refractivity contribution >= 4 is 11.5 Å². The number of ether oxygens (including phenoxy) is 1. The minimum Gasteiger partial charge on any atom is -0.394 e. The Morgan fingerprint density at radius 1 is 1.56 bits per heavy atom. The predicted octanol–water partition coefficient (Wildman–Crippen LogP) is 1.74. The maximum absolute atomic E-state index is 6.21. The van der Waals surface area contributed by atoms with Crippen LogP contribution in [0.15, 0.2) is 0 Å². The van der Waals surface area contributed by atoms with Crippen LogP contribution in [0, 0.1) is 0 Å². The third-order valence-corrected chi connectivity index (χ3v) is 3.49. The molecule has 2 N–H and O–H groups in total. The summed E-state index contributed by atoms with van der Waals surface area (Å²) in [5, 5.41) is 4.51. The highest BCUT2D eigenvalue weighted by Crippen LogP contribution is 2.30. The molecule has 0 saturated carbocycles. The van der Waals surface area contributed by atoms with E-state index in [4.69, 9.17) is 10.5 Å². The van der Waals surface area contributed by atoms with Crippen molar-refractivity contribution in [1.29, 1.82) is 0 Å². The van der Waals surface area contributed by atoms with E-state index < -0.39 is 0 Å². The van der Waals surface area contributed by atoms with Crippen molar-refractivity contribution in [2.75, 3.05) is 30.8 Å². The number of anilines is 2. The van der Waals surface area contributed by atoms with Crippen LogP contribution in [0.2, 0.25) is 0 Å². The molecule has 0 spiro atoms. The van der Waals surface area contributed by atoms with Crippen LogP contribution in [0.25, 0.3) is 0 Å². The summed E-state index contributed by atoms with van der Waals surface area (Å²) in [6, 6.07) is 0. The average molecular weight is 252 g/mol. The first-order valence-electron chi connectivity index (χ1n) is 6.65. The van der Waals surface area contributed by atoms with Crippen LogP contribution >= 0.6 is 0 Å². The molecular formula is C13H24N4O. The van der Waals surface area contributed by atoms with Gasteiger partial charge < -0.3 is 15.4 Å². The van der Waals surface area contributed by atoms with E-state index in [0.29, 0.717) is 12.0 Å². The Morgan fingerprint density at radius 2 is 2.28 bits per heavy atom. The topological polar surface area (TPSA) is 56.3 Å². The molecule has 0 radical (unpaired) electrons. The Labute approximate surface area is 109 Å². The molecule has 2 heterocycles. The standard InChI is InChI=1S/C13H24N4O/c1-9(2)12-11(14)13(17(4)15-12)16(3)8-10-6-5-7-18-10/h9-10H,5-8,14H2,1-4H3. The number of nitrogens with two attached hydrogens (primary N) is 1. The third kappa shape index (κ3) is 2.46. The van der Waals surface area contributed by atoms with Crippen molar-refractivity contribution in [1.82, 2.24) is 9.78 Å². The Balaban J connectivity index is 2.16. The van der Waals surface area contributed by atoms with Crippen LogP contribution in [0.5, 0.6) is 0 Å². The highest BCUT2D eigenvalue weighted by Gasteiger charge is 2.23. The molecule has 1 aliphatic rings. The fourth-order valence-corrected chi connectivity index (χ4v) is 2.61. The Morgan fingerprint density at radius 3 is 2.78 bits per heavy atom. The molecule has 0 aromatic carbocycles. The summed E-state index contributed by atoms with van der Waals surface area (Å²) in [5.41, 5.74) is 7.99. The average Bonchev–Trinajstić information content (AvgIpc) is 2.86. The maximum atomic E-state index is 6.21. The Hall–Kier alpha value is -1.23. The van der Waals surface area contributed by atoms with Gasteiger partial charge in [0.1, 0.15) is 5.82 Å². The van der Waals surface area contributed by atoms with Crippen molar-refractivity contribution in [2.45, 2.75) is 38.7 Å². The van der Waals surface area contributed by atoms with E-state index in [1.54, 1.807) is 0 Å². The minimum absolute atomic E-state index is 0.326. The van der Waals surface area contributed by atoms with Gasteiger partial charge in [-0.2, -0.15) is 5.10 Å². The van der Waals surface area contributed by atoms with Crippen LogP contribution in [-0.4, -0.2) is 36.1 Å². The smallest absolute Gasteiger partial charge is 0.150 e. The van der Waals surface area contributed by atoms with Crippen molar-refractivity contribution in [3.63, 3.8) is 0 Å². The van der Waals surface area contributed by atoms with E-state index in [9.17, 15) is 0 Å². The Bertz CT molecular complexity index is 407. The quantitative estimate of drug-likeness (QED) is 0.887. The van der Waals surface area contributed by atoms with Crippen molar-refractivity contribution in [3.05, 3.63) is 5.69 Å². The number of hydrogen-bond acceptors (Lipinski definition) is 4. The largest absolute Gasteiger partial charge is 0.394 e. The lowest BCUT2D eigenvalue weighted by Gasteiger charge is -2.23. The molecule has 18 heavy (non-hydrogen) atoms. The van der Waals surface area contributed by atoms with Gasteiger partial charge in [0.25, 0.3) is 0 Å². The first-order chi connectivity index (χ1) is 8.50. The summed E-state index contributed by atoms with van der Waals surface area (Å²) >= 11 is 0. The molecule has 0 amide bonds. The van der Waals surface area contributed by atoms with E-state index >= 15 is 0 Å². The van der Waals surface area contributed by atoms with Crippen LogP contribution in [-0.2, 0) is 11.8 Å². The summed E-state index contributed by atoms with van der Waals surface area (Å²) in [4.78, 5) is 2.16. The summed E-state index contributed by atoms with van der Waals surface area (Å²) in [5.74, 6) is 1.34. The first kappa shape index (κ1) is 13.2. The van der Waals surface area contributed by atoms with E-state index in [0.717, 1.165) is 43.2 Å². The van der Waals surface area contributed by atoms with Crippen LogP contribution in [0.4, 0.5) is 11.5 Å². The monoisotopic (exact) mass is 252 g/mol. The molecule has 5 heteroatoms. The molecule has 1 fully saturated rings. The van der Waals surface area contributed by atoms with Crippen LogP contribution < -0.4 is 10.6 Å². The molecule has 1 aromatic heterocycles. The number of hydrogen-bond donors (Lipinski definition) is 1. The molecule has 102 valence electrons. The third-order valence-electron chi connectivity index (χ3n) is 3.49. The lowest BCUT2D eigenvalue weighted by molar-refractivity contribution is 0.116. The molecule has 1 saturated heterocycles. The normalized spacial score (nSPS) is 19.7. The highest BCUT2D eigenvalue weighted by molar-refractivity contribution is 5.66. The van der Waals surface area contributed by atoms with Gasteiger partial charge in [0.2, 0.25) is 0 Å². The van der Waals surface area contributed by atoms with Crippen molar-refractivity contribution in [2.24, 2.45) is 7.05 Å². The zero-order valence-corrected chi connectivity index (χ0v) is 11.8. The number of likely N-dealkylation sites (N-methyl/N-ethyl adjacent to an activating group) is 1. The van der Waals surface area contributed by atoms with Gasteiger partial charge in [-0.15, -0.1) is 0 Å². The molecule has 1 aliphatic heterocycles. The first-order valence-corrected chi connectivity index (χ1v) is 6.65. The van der Waals surface area contributed by atoms with Crippen molar-refractivity contribution in [3.8, 4) is 0 Å². The zero-order valence-electron chi connectivity index (χ0n) is 11.8. The SMILES string of the molecule is CC(C)c1nn(C)c(N(C)CC2CCCO2)c1N. The van der Waals surface area contributed by atoms with Gasteiger partial charge in [-0.25, -0.2) is 0 Å². The second-order valence-electron chi connectivity index (χ2n) is 5.42. The predicted molar refractivity (Wildman–Crippen MR) is 74.0 cm³/mol. The molecule has 0 bridgehead atoms. The number of aromatic nitrogens is 2. The van der Waals surface area contributed by atoms with Gasteiger partial charge in [0.15, 0.2) is 0 Å². The summed E-state index contributed by atoms with van der Waals surface area (Å²) in [6.07, 6.45) is 2.63. The lowest BCUT2D eigenvalue weighted by atomic mass is 10.1.